The smallest absolute Gasteiger partial charge is 0.317 e. The molecule has 6 nitrogen and oxygen atoms in total. The van der Waals surface area contributed by atoms with Crippen molar-refractivity contribution >= 4 is 6.03 Å². The second-order valence-corrected chi connectivity index (χ2v) is 6.40. The highest BCUT2D eigenvalue weighted by atomic mass is 16.5. The lowest BCUT2D eigenvalue weighted by atomic mass is 10.1. The van der Waals surface area contributed by atoms with Crippen LogP contribution in [-0.4, -0.2) is 52.8 Å². The molecular formula is C19H26N4O2. The van der Waals surface area contributed by atoms with E-state index in [1.165, 1.54) is 5.56 Å². The predicted octanol–water partition coefficient (Wildman–Crippen LogP) is 2.01. The van der Waals surface area contributed by atoms with Gasteiger partial charge in [0.25, 0.3) is 0 Å². The molecule has 25 heavy (non-hydrogen) atoms. The summed E-state index contributed by atoms with van der Waals surface area (Å²) in [5.41, 5.74) is 1.31. The molecule has 0 saturated carbocycles. The van der Waals surface area contributed by atoms with Crippen molar-refractivity contribution in [2.45, 2.75) is 25.4 Å². The number of aryl methyl sites for hydroxylation is 2. The molecule has 0 bridgehead atoms. The number of carbonyl (C=O) groups is 1. The van der Waals surface area contributed by atoms with Crippen molar-refractivity contribution < 1.29 is 9.53 Å². The summed E-state index contributed by atoms with van der Waals surface area (Å²) in [6.45, 7) is 2.50. The lowest BCUT2D eigenvalue weighted by molar-refractivity contribution is -0.0175. The Morgan fingerprint density at radius 3 is 2.92 bits per heavy atom. The van der Waals surface area contributed by atoms with Crippen molar-refractivity contribution in [3.63, 3.8) is 0 Å². The molecule has 2 heterocycles. The largest absolute Gasteiger partial charge is 0.375 e. The Labute approximate surface area is 148 Å². The molecule has 1 saturated heterocycles. The third-order valence-corrected chi connectivity index (χ3v) is 4.57. The van der Waals surface area contributed by atoms with Gasteiger partial charge < -0.3 is 19.5 Å². The molecule has 1 atom stereocenters. The van der Waals surface area contributed by atoms with E-state index in [-0.39, 0.29) is 12.1 Å². The second-order valence-electron chi connectivity index (χ2n) is 6.40. The minimum Gasteiger partial charge on any atom is -0.375 e. The van der Waals surface area contributed by atoms with E-state index >= 15 is 0 Å². The number of hydrogen-bond donors (Lipinski definition) is 1. The number of aromatic nitrogens is 2. The first kappa shape index (κ1) is 17.5. The van der Waals surface area contributed by atoms with Gasteiger partial charge in [-0.3, -0.25) is 0 Å². The molecule has 1 aromatic carbocycles. The molecule has 6 heteroatoms. The summed E-state index contributed by atoms with van der Waals surface area (Å²) in [7, 11) is 1.96. The molecule has 0 spiro atoms. The molecule has 134 valence electrons. The van der Waals surface area contributed by atoms with Crippen LogP contribution in [0, 0.1) is 0 Å². The van der Waals surface area contributed by atoms with Crippen molar-refractivity contribution in [3.8, 4) is 0 Å². The zero-order valence-corrected chi connectivity index (χ0v) is 14.7. The van der Waals surface area contributed by atoms with Gasteiger partial charge in [-0.25, -0.2) is 9.78 Å². The van der Waals surface area contributed by atoms with Gasteiger partial charge in [0.05, 0.1) is 12.7 Å². The lowest BCUT2D eigenvalue weighted by Crippen LogP contribution is -2.50. The summed E-state index contributed by atoms with van der Waals surface area (Å²) < 4.78 is 7.80. The van der Waals surface area contributed by atoms with Crippen molar-refractivity contribution in [2.24, 2.45) is 7.05 Å². The van der Waals surface area contributed by atoms with E-state index in [1.807, 2.05) is 28.8 Å². The van der Waals surface area contributed by atoms with Crippen LogP contribution in [0.2, 0.25) is 0 Å². The van der Waals surface area contributed by atoms with Crippen LogP contribution in [0.15, 0.2) is 42.7 Å². The second kappa shape index (κ2) is 8.67. The minimum absolute atomic E-state index is 0.0118. The quantitative estimate of drug-likeness (QED) is 0.874. The summed E-state index contributed by atoms with van der Waals surface area (Å²) >= 11 is 0. The number of ether oxygens (including phenoxy) is 1. The van der Waals surface area contributed by atoms with Gasteiger partial charge in [0.15, 0.2) is 0 Å². The number of nitrogens with one attached hydrogen (secondary N) is 1. The van der Waals surface area contributed by atoms with Gasteiger partial charge in [0, 0.05) is 45.5 Å². The van der Waals surface area contributed by atoms with Gasteiger partial charge in [-0.05, 0) is 18.4 Å². The van der Waals surface area contributed by atoms with E-state index in [2.05, 4.69) is 34.6 Å². The number of hydrogen-bond acceptors (Lipinski definition) is 3. The topological polar surface area (TPSA) is 59.4 Å². The summed E-state index contributed by atoms with van der Waals surface area (Å²) in [6, 6.07) is 10.4. The Balaban J connectivity index is 1.41. The SMILES string of the molecule is Cn1ccnc1CCNC(=O)N1CCO[C@@H](CCc2ccccc2)C1. The first-order chi connectivity index (χ1) is 12.2. The average molecular weight is 342 g/mol. The van der Waals surface area contributed by atoms with E-state index < -0.39 is 0 Å². The average Bonchev–Trinajstić information content (AvgIpc) is 3.06. The van der Waals surface area contributed by atoms with Gasteiger partial charge in [-0.1, -0.05) is 30.3 Å². The van der Waals surface area contributed by atoms with Gasteiger partial charge in [0.2, 0.25) is 0 Å². The normalized spacial score (nSPS) is 17.5. The monoisotopic (exact) mass is 342 g/mol. The van der Waals surface area contributed by atoms with E-state index in [0.29, 0.717) is 26.2 Å². The Kier molecular flexibility index (Phi) is 6.06. The van der Waals surface area contributed by atoms with Gasteiger partial charge in [-0.15, -0.1) is 0 Å². The maximum absolute atomic E-state index is 12.4. The molecule has 2 aromatic rings. The molecular weight excluding hydrogens is 316 g/mol. The summed E-state index contributed by atoms with van der Waals surface area (Å²) in [6.07, 6.45) is 6.43. The molecule has 1 aliphatic heterocycles. The number of benzene rings is 1. The van der Waals surface area contributed by atoms with Crippen LogP contribution in [0.3, 0.4) is 0 Å². The molecule has 2 amide bonds. The Bertz CT molecular complexity index is 671. The van der Waals surface area contributed by atoms with E-state index in [0.717, 1.165) is 25.1 Å². The molecule has 3 rings (SSSR count). The fourth-order valence-corrected chi connectivity index (χ4v) is 3.08. The number of urea groups is 1. The van der Waals surface area contributed by atoms with Crippen LogP contribution >= 0.6 is 0 Å². The van der Waals surface area contributed by atoms with Crippen LogP contribution < -0.4 is 5.32 Å². The van der Waals surface area contributed by atoms with Crippen molar-refractivity contribution in [2.75, 3.05) is 26.2 Å². The van der Waals surface area contributed by atoms with Crippen LogP contribution in [0.4, 0.5) is 4.79 Å². The number of amides is 2. The standard InChI is InChI=1S/C19H26N4O2/c1-22-12-11-20-18(22)9-10-21-19(24)23-13-14-25-17(15-23)8-7-16-5-3-2-4-6-16/h2-6,11-12,17H,7-10,13-15H2,1H3,(H,21,24)/t17-/m0/s1. The van der Waals surface area contributed by atoms with Crippen molar-refractivity contribution in [3.05, 3.63) is 54.1 Å². The molecule has 1 aromatic heterocycles. The lowest BCUT2D eigenvalue weighted by Gasteiger charge is -2.33. The maximum atomic E-state index is 12.4. The molecule has 0 unspecified atom stereocenters. The zero-order valence-electron chi connectivity index (χ0n) is 14.7. The number of rotatable bonds is 6. The first-order valence-electron chi connectivity index (χ1n) is 8.87. The van der Waals surface area contributed by atoms with Crippen LogP contribution in [0.5, 0.6) is 0 Å². The number of nitrogens with zero attached hydrogens (tertiary/aromatic N) is 3. The van der Waals surface area contributed by atoms with E-state index in [4.69, 9.17) is 4.74 Å². The van der Waals surface area contributed by atoms with Crippen LogP contribution in [-0.2, 0) is 24.6 Å². The van der Waals surface area contributed by atoms with E-state index in [9.17, 15) is 4.79 Å². The van der Waals surface area contributed by atoms with E-state index in [1.54, 1.807) is 6.20 Å². The molecule has 1 aliphatic rings. The predicted molar refractivity (Wildman–Crippen MR) is 96.4 cm³/mol. The molecule has 1 fully saturated rings. The highest BCUT2D eigenvalue weighted by Gasteiger charge is 2.23. The Hall–Kier alpha value is -2.34. The Morgan fingerprint density at radius 1 is 1.32 bits per heavy atom. The number of carbonyl (C=O) groups excluding carboxylic acids is 1. The fourth-order valence-electron chi connectivity index (χ4n) is 3.08. The molecule has 0 radical (unpaired) electrons. The minimum atomic E-state index is -0.0118. The summed E-state index contributed by atoms with van der Waals surface area (Å²) in [4.78, 5) is 18.5. The van der Waals surface area contributed by atoms with Crippen molar-refractivity contribution in [1.29, 1.82) is 0 Å². The van der Waals surface area contributed by atoms with Crippen molar-refractivity contribution in [1.82, 2.24) is 19.8 Å². The Morgan fingerprint density at radius 2 is 2.16 bits per heavy atom. The number of morpholine rings is 1. The van der Waals surface area contributed by atoms with Crippen LogP contribution in [0.1, 0.15) is 17.8 Å². The summed E-state index contributed by atoms with van der Waals surface area (Å²) in [5.74, 6) is 0.975. The van der Waals surface area contributed by atoms with Gasteiger partial charge in [0.1, 0.15) is 5.82 Å². The molecule has 0 aliphatic carbocycles. The maximum Gasteiger partial charge on any atom is 0.317 e. The molecule has 1 N–H and O–H groups in total. The van der Waals surface area contributed by atoms with Crippen LogP contribution in [0.25, 0.3) is 0 Å². The third-order valence-electron chi connectivity index (χ3n) is 4.57. The summed E-state index contributed by atoms with van der Waals surface area (Å²) in [5, 5.41) is 2.99. The van der Waals surface area contributed by atoms with Gasteiger partial charge >= 0.3 is 6.03 Å². The highest BCUT2D eigenvalue weighted by Crippen LogP contribution is 2.12. The highest BCUT2D eigenvalue weighted by molar-refractivity contribution is 5.74. The number of imidazole rings is 1. The zero-order chi connectivity index (χ0) is 17.5. The first-order valence-corrected chi connectivity index (χ1v) is 8.87. The third kappa shape index (κ3) is 5.06. The van der Waals surface area contributed by atoms with Gasteiger partial charge in [-0.2, -0.15) is 0 Å². The fraction of sp³-hybridized carbons (Fsp3) is 0.474.